The summed E-state index contributed by atoms with van der Waals surface area (Å²) < 4.78 is 5.48. The van der Waals surface area contributed by atoms with E-state index >= 15 is 0 Å². The molecule has 5 N–H and O–H groups in total. The van der Waals surface area contributed by atoms with Crippen molar-refractivity contribution in [1.29, 1.82) is 0 Å². The summed E-state index contributed by atoms with van der Waals surface area (Å²) in [5, 5.41) is 6.23. The van der Waals surface area contributed by atoms with Crippen molar-refractivity contribution in [3.63, 3.8) is 0 Å². The summed E-state index contributed by atoms with van der Waals surface area (Å²) >= 11 is 0. The number of hydrogen-bond donors (Lipinski definition) is 5. The van der Waals surface area contributed by atoms with Crippen molar-refractivity contribution >= 4 is 6.03 Å². The van der Waals surface area contributed by atoms with Crippen LogP contribution in [0.25, 0.3) is 0 Å². The molecule has 2 amide bonds. The number of rotatable bonds is 5. The molecule has 1 aromatic rings. The van der Waals surface area contributed by atoms with Crippen molar-refractivity contribution in [2.75, 3.05) is 32.8 Å². The highest BCUT2D eigenvalue weighted by Gasteiger charge is 2.37. The fourth-order valence-corrected chi connectivity index (χ4v) is 4.27. The van der Waals surface area contributed by atoms with Gasteiger partial charge in [0.1, 0.15) is 0 Å². The fourth-order valence-electron chi connectivity index (χ4n) is 4.27. The van der Waals surface area contributed by atoms with Gasteiger partial charge in [-0.1, -0.05) is 6.07 Å². The summed E-state index contributed by atoms with van der Waals surface area (Å²) in [6.45, 7) is 3.70. The van der Waals surface area contributed by atoms with Crippen molar-refractivity contribution in [1.82, 2.24) is 36.9 Å². The molecular formula is C18H29N7O2. The van der Waals surface area contributed by atoms with Gasteiger partial charge in [0, 0.05) is 44.1 Å². The Balaban J connectivity index is 1.34. The molecule has 4 atom stereocenters. The second-order valence-electron chi connectivity index (χ2n) is 7.39. The third kappa shape index (κ3) is 4.56. The van der Waals surface area contributed by atoms with E-state index in [9.17, 15) is 4.79 Å². The number of ether oxygens (including phenoxy) is 1. The zero-order chi connectivity index (χ0) is 18.5. The fraction of sp³-hybridized carbons (Fsp3) is 0.667. The Morgan fingerprint density at radius 1 is 1.33 bits per heavy atom. The van der Waals surface area contributed by atoms with E-state index in [1.54, 1.807) is 6.20 Å². The number of morpholine rings is 1. The maximum Gasteiger partial charge on any atom is 0.315 e. The van der Waals surface area contributed by atoms with Crippen molar-refractivity contribution in [2.24, 2.45) is 0 Å². The maximum absolute atomic E-state index is 12.6. The number of amides is 2. The van der Waals surface area contributed by atoms with Gasteiger partial charge < -0.3 is 15.4 Å². The predicted octanol–water partition coefficient (Wildman–Crippen LogP) is -0.344. The minimum absolute atomic E-state index is 0.0976. The monoisotopic (exact) mass is 375 g/mol. The topological polar surface area (TPSA) is 103 Å². The molecule has 1 aromatic heterocycles. The number of nitrogens with zero attached hydrogens (tertiary/aromatic N) is 2. The first-order chi connectivity index (χ1) is 13.3. The van der Waals surface area contributed by atoms with Crippen LogP contribution in [0.1, 0.15) is 30.9 Å². The Morgan fingerprint density at radius 2 is 2.22 bits per heavy atom. The highest BCUT2D eigenvalue weighted by atomic mass is 16.5. The molecule has 9 nitrogen and oxygen atoms in total. The summed E-state index contributed by atoms with van der Waals surface area (Å²) in [6.07, 6.45) is 6.86. The minimum atomic E-state index is -0.114. The number of pyridine rings is 1. The number of hydrogen-bond acceptors (Lipinski definition) is 7. The number of nitrogens with one attached hydrogen (secondary N) is 5. The zero-order valence-corrected chi connectivity index (χ0v) is 15.5. The lowest BCUT2D eigenvalue weighted by Gasteiger charge is -2.35. The van der Waals surface area contributed by atoms with Gasteiger partial charge in [-0.3, -0.25) is 9.88 Å². The van der Waals surface area contributed by atoms with E-state index in [0.29, 0.717) is 12.6 Å². The van der Waals surface area contributed by atoms with Gasteiger partial charge in [-0.2, -0.15) is 5.53 Å². The molecule has 9 heteroatoms. The number of aromatic nitrogens is 1. The van der Waals surface area contributed by atoms with Crippen LogP contribution in [0.2, 0.25) is 0 Å². The molecule has 1 aliphatic carbocycles. The van der Waals surface area contributed by atoms with Gasteiger partial charge in [0.25, 0.3) is 0 Å². The zero-order valence-electron chi connectivity index (χ0n) is 15.5. The molecule has 2 saturated heterocycles. The van der Waals surface area contributed by atoms with E-state index in [-0.39, 0.29) is 24.2 Å². The molecule has 0 bridgehead atoms. The molecule has 0 radical (unpaired) electrons. The smallest absolute Gasteiger partial charge is 0.315 e. The number of urea groups is 1. The number of fused-ring (bicyclic) bond motifs is 1. The lowest BCUT2D eigenvalue weighted by molar-refractivity contribution is 0.0166. The van der Waals surface area contributed by atoms with E-state index in [2.05, 4.69) is 43.0 Å². The third-order valence-corrected chi connectivity index (χ3v) is 5.72. The van der Waals surface area contributed by atoms with Crippen LogP contribution in [0.15, 0.2) is 24.5 Å². The SMILES string of the molecule is O=C(NCC(c1cccnc1)N1CCOCC1)NC1CCCC2NNNC21. The molecule has 3 fully saturated rings. The quantitative estimate of drug-likeness (QED) is 0.480. The average molecular weight is 375 g/mol. The van der Waals surface area contributed by atoms with E-state index < -0.39 is 0 Å². The van der Waals surface area contributed by atoms with E-state index in [1.165, 1.54) is 0 Å². The third-order valence-electron chi connectivity index (χ3n) is 5.72. The van der Waals surface area contributed by atoms with Gasteiger partial charge in [0.05, 0.1) is 25.3 Å². The van der Waals surface area contributed by atoms with E-state index in [0.717, 1.165) is 51.1 Å². The van der Waals surface area contributed by atoms with Crippen LogP contribution in [-0.4, -0.2) is 66.9 Å². The first kappa shape index (κ1) is 18.6. The highest BCUT2D eigenvalue weighted by Crippen LogP contribution is 2.22. The summed E-state index contributed by atoms with van der Waals surface area (Å²) in [5.74, 6) is 0. The van der Waals surface area contributed by atoms with Crippen LogP contribution in [0.3, 0.4) is 0 Å². The molecule has 3 aliphatic rings. The molecule has 27 heavy (non-hydrogen) atoms. The number of carbonyl (C=O) groups is 1. The van der Waals surface area contributed by atoms with Crippen LogP contribution in [0.5, 0.6) is 0 Å². The summed E-state index contributed by atoms with van der Waals surface area (Å²) in [6, 6.07) is 4.69. The number of hydrazine groups is 2. The summed E-state index contributed by atoms with van der Waals surface area (Å²) in [7, 11) is 0. The first-order valence-corrected chi connectivity index (χ1v) is 9.83. The Kier molecular flexibility index (Phi) is 6.15. The van der Waals surface area contributed by atoms with Gasteiger partial charge in [0.2, 0.25) is 0 Å². The Labute approximate surface area is 159 Å². The molecule has 148 valence electrons. The highest BCUT2D eigenvalue weighted by molar-refractivity contribution is 5.74. The number of carbonyl (C=O) groups excluding carboxylic acids is 1. The largest absolute Gasteiger partial charge is 0.379 e. The van der Waals surface area contributed by atoms with Crippen LogP contribution in [-0.2, 0) is 4.74 Å². The van der Waals surface area contributed by atoms with Gasteiger partial charge in [-0.15, -0.1) is 0 Å². The van der Waals surface area contributed by atoms with Gasteiger partial charge in [0.15, 0.2) is 0 Å². The predicted molar refractivity (Wildman–Crippen MR) is 101 cm³/mol. The van der Waals surface area contributed by atoms with Crippen molar-refractivity contribution in [2.45, 2.75) is 43.4 Å². The van der Waals surface area contributed by atoms with Crippen LogP contribution < -0.4 is 27.0 Å². The van der Waals surface area contributed by atoms with E-state index in [1.807, 2.05) is 12.3 Å². The van der Waals surface area contributed by atoms with Crippen LogP contribution in [0, 0.1) is 0 Å². The average Bonchev–Trinajstić information content (AvgIpc) is 3.20. The lowest BCUT2D eigenvalue weighted by Crippen LogP contribution is -2.57. The summed E-state index contributed by atoms with van der Waals surface area (Å²) in [5.41, 5.74) is 10.5. The Bertz CT molecular complexity index is 611. The van der Waals surface area contributed by atoms with Gasteiger partial charge >= 0.3 is 6.03 Å². The molecule has 4 rings (SSSR count). The molecule has 2 aliphatic heterocycles. The molecule has 4 unspecified atom stereocenters. The Hall–Kier alpha value is -1.78. The molecule has 1 saturated carbocycles. The van der Waals surface area contributed by atoms with Crippen molar-refractivity contribution in [3.8, 4) is 0 Å². The Morgan fingerprint density at radius 3 is 3.04 bits per heavy atom. The molecule has 0 spiro atoms. The first-order valence-electron chi connectivity index (χ1n) is 9.83. The standard InChI is InChI=1S/C18H29N7O2/c26-18(21-14-4-1-5-15-17(14)23-24-22-15)20-12-16(13-3-2-6-19-11-13)25-7-9-27-10-8-25/h2-3,6,11,14-17,22-24H,1,4-5,7-10,12H2,(H2,20,21,26). The minimum Gasteiger partial charge on any atom is -0.379 e. The van der Waals surface area contributed by atoms with Crippen LogP contribution >= 0.6 is 0 Å². The van der Waals surface area contributed by atoms with Crippen molar-refractivity contribution in [3.05, 3.63) is 30.1 Å². The van der Waals surface area contributed by atoms with E-state index in [4.69, 9.17) is 4.74 Å². The van der Waals surface area contributed by atoms with Gasteiger partial charge in [-0.25, -0.2) is 15.6 Å². The lowest BCUT2D eigenvalue weighted by atomic mass is 9.87. The molecular weight excluding hydrogens is 346 g/mol. The normalized spacial score (nSPS) is 29.7. The van der Waals surface area contributed by atoms with Crippen LogP contribution in [0.4, 0.5) is 4.79 Å². The molecule has 0 aromatic carbocycles. The van der Waals surface area contributed by atoms with Gasteiger partial charge in [-0.05, 0) is 30.9 Å². The van der Waals surface area contributed by atoms with Crippen molar-refractivity contribution < 1.29 is 9.53 Å². The summed E-state index contributed by atoms with van der Waals surface area (Å²) in [4.78, 5) is 19.2. The second-order valence-corrected chi connectivity index (χ2v) is 7.39. The second kappa shape index (κ2) is 8.94. The maximum atomic E-state index is 12.6. The molecule has 3 heterocycles.